The molecule has 0 aromatic carbocycles. The van der Waals surface area contributed by atoms with E-state index >= 15 is 0 Å². The number of nitrogens with one attached hydrogen (secondary N) is 1. The first-order chi connectivity index (χ1) is 19.3. The van der Waals surface area contributed by atoms with Gasteiger partial charge in [-0.1, -0.05) is 13.8 Å². The highest BCUT2D eigenvalue weighted by atomic mass is 16.6. The van der Waals surface area contributed by atoms with Crippen molar-refractivity contribution in [1.29, 1.82) is 0 Å². The predicted molar refractivity (Wildman–Crippen MR) is 158 cm³/mol. The smallest absolute Gasteiger partial charge is 0.410 e. The summed E-state index contributed by atoms with van der Waals surface area (Å²) in [6.07, 6.45) is 3.86. The second-order valence-corrected chi connectivity index (χ2v) is 12.5. The summed E-state index contributed by atoms with van der Waals surface area (Å²) in [4.78, 5) is 43.2. The number of anilines is 3. The molecule has 4 heterocycles. The van der Waals surface area contributed by atoms with Gasteiger partial charge >= 0.3 is 6.09 Å². The number of nitrogens with zero attached hydrogens (tertiary/aromatic N) is 7. The second-order valence-electron chi connectivity index (χ2n) is 12.5. The van der Waals surface area contributed by atoms with Crippen molar-refractivity contribution in [1.82, 2.24) is 29.6 Å². The lowest BCUT2D eigenvalue weighted by molar-refractivity contribution is -0.122. The van der Waals surface area contributed by atoms with E-state index in [0.29, 0.717) is 44.4 Å². The molecule has 218 valence electrons. The number of carbonyl (C=O) groups is 2. The van der Waals surface area contributed by atoms with Crippen LogP contribution in [-0.4, -0.2) is 73.3 Å². The lowest BCUT2D eigenvalue weighted by atomic mass is 9.71. The maximum absolute atomic E-state index is 12.8. The number of Topliss-reactive ketones (excluding diaryl/α,β-unsaturated/α-hetero) is 1. The molecule has 41 heavy (non-hydrogen) atoms. The molecular weight excluding hydrogens is 520 g/mol. The number of hydrogen-bond acceptors (Lipinski definition) is 9. The van der Waals surface area contributed by atoms with Gasteiger partial charge < -0.3 is 19.9 Å². The number of aryl methyl sites for hydroxylation is 1. The van der Waals surface area contributed by atoms with E-state index in [-0.39, 0.29) is 17.8 Å². The number of piperazine rings is 1. The minimum Gasteiger partial charge on any atom is -0.444 e. The van der Waals surface area contributed by atoms with Crippen LogP contribution < -0.4 is 10.2 Å². The van der Waals surface area contributed by atoms with Crippen LogP contribution in [0, 0.1) is 0 Å². The Balaban J connectivity index is 1.32. The van der Waals surface area contributed by atoms with Gasteiger partial charge in [0.25, 0.3) is 0 Å². The van der Waals surface area contributed by atoms with Crippen LogP contribution in [0.3, 0.4) is 0 Å². The zero-order valence-corrected chi connectivity index (χ0v) is 25.3. The van der Waals surface area contributed by atoms with Gasteiger partial charge in [-0.25, -0.2) is 19.7 Å². The molecule has 1 amide bonds. The SMILES string of the molecule is CC(=O)C1(C)Cc2cnc(Nc3ccc(N4CCN(C(=O)OC(C)(C)C)CC4)cn3)nc2-c2c1nn(C)c2C(C)C. The third-order valence-corrected chi connectivity index (χ3v) is 7.87. The van der Waals surface area contributed by atoms with Gasteiger partial charge in [0, 0.05) is 45.0 Å². The molecule has 1 aliphatic carbocycles. The summed E-state index contributed by atoms with van der Waals surface area (Å²) >= 11 is 0. The molecule has 1 aliphatic heterocycles. The van der Waals surface area contributed by atoms with E-state index < -0.39 is 11.0 Å². The maximum atomic E-state index is 12.8. The highest BCUT2D eigenvalue weighted by Gasteiger charge is 2.44. The van der Waals surface area contributed by atoms with Crippen LogP contribution in [0.5, 0.6) is 0 Å². The number of aromatic nitrogens is 5. The van der Waals surface area contributed by atoms with E-state index in [0.717, 1.165) is 33.9 Å². The fourth-order valence-corrected chi connectivity index (χ4v) is 5.62. The topological polar surface area (TPSA) is 118 Å². The third kappa shape index (κ3) is 5.49. The Morgan fingerprint density at radius 1 is 1.07 bits per heavy atom. The van der Waals surface area contributed by atoms with Crippen molar-refractivity contribution in [3.05, 3.63) is 41.5 Å². The largest absolute Gasteiger partial charge is 0.444 e. The van der Waals surface area contributed by atoms with Crippen LogP contribution in [0.15, 0.2) is 24.5 Å². The normalized spacial score (nSPS) is 18.7. The molecule has 1 unspecified atom stereocenters. The van der Waals surface area contributed by atoms with E-state index in [2.05, 4.69) is 34.0 Å². The highest BCUT2D eigenvalue weighted by Crippen LogP contribution is 2.45. The molecule has 3 aromatic rings. The van der Waals surface area contributed by atoms with Crippen LogP contribution in [0.4, 0.5) is 22.2 Å². The van der Waals surface area contributed by atoms with Gasteiger partial charge in [-0.3, -0.25) is 9.48 Å². The van der Waals surface area contributed by atoms with Gasteiger partial charge in [-0.2, -0.15) is 5.10 Å². The van der Waals surface area contributed by atoms with Gasteiger partial charge in [0.05, 0.1) is 34.4 Å². The van der Waals surface area contributed by atoms with E-state index in [1.165, 1.54) is 0 Å². The number of fused-ring (bicyclic) bond motifs is 3. The first-order valence-corrected chi connectivity index (χ1v) is 14.2. The molecule has 5 rings (SSSR count). The van der Waals surface area contributed by atoms with Gasteiger partial charge in [0.1, 0.15) is 17.2 Å². The minimum atomic E-state index is -0.721. The Bertz CT molecular complexity index is 1470. The van der Waals surface area contributed by atoms with E-state index in [1.54, 1.807) is 11.8 Å². The first kappa shape index (κ1) is 28.5. The summed E-state index contributed by atoms with van der Waals surface area (Å²) in [5.41, 5.74) is 4.26. The average Bonchev–Trinajstić information content (AvgIpc) is 3.27. The maximum Gasteiger partial charge on any atom is 0.410 e. The molecule has 1 atom stereocenters. The van der Waals surface area contributed by atoms with Crippen molar-refractivity contribution in [2.45, 2.75) is 71.8 Å². The van der Waals surface area contributed by atoms with Crippen molar-refractivity contribution in [3.63, 3.8) is 0 Å². The van der Waals surface area contributed by atoms with Crippen molar-refractivity contribution >= 4 is 29.3 Å². The lowest BCUT2D eigenvalue weighted by Crippen LogP contribution is -2.50. The zero-order chi connectivity index (χ0) is 29.7. The monoisotopic (exact) mass is 560 g/mol. The number of pyridine rings is 1. The van der Waals surface area contributed by atoms with Crippen LogP contribution in [0.25, 0.3) is 11.3 Å². The summed E-state index contributed by atoms with van der Waals surface area (Å²) in [5.74, 6) is 1.34. The van der Waals surface area contributed by atoms with Crippen molar-refractivity contribution in [2.24, 2.45) is 7.05 Å². The predicted octanol–water partition coefficient (Wildman–Crippen LogP) is 4.60. The Kier molecular flexibility index (Phi) is 7.25. The number of carbonyl (C=O) groups excluding carboxylic acids is 2. The molecule has 0 radical (unpaired) electrons. The van der Waals surface area contributed by atoms with Crippen LogP contribution >= 0.6 is 0 Å². The molecule has 0 spiro atoms. The number of hydrogen-bond donors (Lipinski definition) is 1. The Hall–Kier alpha value is -4.02. The van der Waals surface area contributed by atoms with Crippen molar-refractivity contribution in [3.8, 4) is 11.3 Å². The molecule has 11 heteroatoms. The summed E-state index contributed by atoms with van der Waals surface area (Å²) in [5, 5.41) is 8.05. The number of ether oxygens (including phenoxy) is 1. The van der Waals surface area contributed by atoms with Crippen molar-refractivity contribution < 1.29 is 14.3 Å². The Labute approximate surface area is 241 Å². The third-order valence-electron chi connectivity index (χ3n) is 7.87. The first-order valence-electron chi connectivity index (χ1n) is 14.2. The molecule has 1 saturated heterocycles. The van der Waals surface area contributed by atoms with Gasteiger partial charge in [0.15, 0.2) is 0 Å². The molecular formula is C30H40N8O3. The molecule has 0 saturated carbocycles. The fourth-order valence-electron chi connectivity index (χ4n) is 5.62. The lowest BCUT2D eigenvalue weighted by Gasteiger charge is -2.36. The van der Waals surface area contributed by atoms with Crippen LogP contribution in [-0.2, 0) is 28.4 Å². The van der Waals surface area contributed by atoms with E-state index in [1.807, 2.05) is 64.0 Å². The van der Waals surface area contributed by atoms with Crippen LogP contribution in [0.1, 0.15) is 71.3 Å². The minimum absolute atomic E-state index is 0.0792. The highest BCUT2D eigenvalue weighted by molar-refractivity contribution is 5.92. The number of amides is 1. The molecule has 0 bridgehead atoms. The summed E-state index contributed by atoms with van der Waals surface area (Å²) in [6.45, 7) is 16.1. The zero-order valence-electron chi connectivity index (χ0n) is 25.3. The Morgan fingerprint density at radius 2 is 1.78 bits per heavy atom. The summed E-state index contributed by atoms with van der Waals surface area (Å²) in [6, 6.07) is 3.91. The quantitative estimate of drug-likeness (QED) is 0.478. The Morgan fingerprint density at radius 3 is 2.37 bits per heavy atom. The number of rotatable bonds is 5. The molecule has 1 fully saturated rings. The molecule has 3 aromatic heterocycles. The molecule has 1 N–H and O–H groups in total. The average molecular weight is 561 g/mol. The second kappa shape index (κ2) is 10.4. The van der Waals surface area contributed by atoms with Gasteiger partial charge in [0.2, 0.25) is 5.95 Å². The van der Waals surface area contributed by atoms with Crippen LogP contribution in [0.2, 0.25) is 0 Å². The summed E-state index contributed by atoms with van der Waals surface area (Å²) in [7, 11) is 1.93. The summed E-state index contributed by atoms with van der Waals surface area (Å²) < 4.78 is 7.38. The van der Waals surface area contributed by atoms with Gasteiger partial charge in [-0.15, -0.1) is 0 Å². The molecule has 11 nitrogen and oxygen atoms in total. The molecule has 2 aliphatic rings. The fraction of sp³-hybridized carbons (Fsp3) is 0.533. The van der Waals surface area contributed by atoms with E-state index in [9.17, 15) is 9.59 Å². The standard InChI is InChI=1S/C30H40N8O3/c1-18(2)25-23-24-20(15-30(7,19(3)39)26(23)35-36(25)8)16-32-27(34-24)33-22-10-9-21(17-31-22)37-11-13-38(14-12-37)28(40)41-29(4,5)6/h9-10,16-18H,11-15H2,1-8H3,(H,31,32,33,34). The van der Waals surface area contributed by atoms with Crippen molar-refractivity contribution in [2.75, 3.05) is 36.4 Å². The van der Waals surface area contributed by atoms with Gasteiger partial charge in [-0.05, 0) is 64.7 Å². The van der Waals surface area contributed by atoms with E-state index in [4.69, 9.17) is 14.8 Å². The number of ketones is 1.